The van der Waals surface area contributed by atoms with Crippen LogP contribution in [-0.2, 0) is 9.53 Å². The first-order valence-electron chi connectivity index (χ1n) is 8.43. The Morgan fingerprint density at radius 3 is 2.72 bits per heavy atom. The van der Waals surface area contributed by atoms with Crippen LogP contribution in [0, 0.1) is 6.92 Å². The van der Waals surface area contributed by atoms with Gasteiger partial charge in [-0.15, -0.1) is 11.8 Å². The molecule has 2 N–H and O–H groups in total. The summed E-state index contributed by atoms with van der Waals surface area (Å²) in [5, 5.41) is 14.5. The summed E-state index contributed by atoms with van der Waals surface area (Å²) in [7, 11) is 0. The van der Waals surface area contributed by atoms with Crippen LogP contribution in [0.1, 0.15) is 32.8 Å². The van der Waals surface area contributed by atoms with E-state index < -0.39 is 12.0 Å². The van der Waals surface area contributed by atoms with E-state index in [1.165, 1.54) is 11.8 Å². The van der Waals surface area contributed by atoms with E-state index in [0.29, 0.717) is 25.1 Å². The third-order valence-electron chi connectivity index (χ3n) is 3.85. The summed E-state index contributed by atoms with van der Waals surface area (Å²) in [6, 6.07) is 8.03. The highest BCUT2D eigenvalue weighted by Crippen LogP contribution is 2.26. The molecule has 0 aromatic heterocycles. The Bertz CT molecular complexity index is 652. The molecule has 1 aromatic rings. The first kappa shape index (κ1) is 20.0. The molecule has 1 heterocycles. The Balaban J connectivity index is 2.20. The molecule has 1 saturated heterocycles. The van der Waals surface area contributed by atoms with Crippen molar-refractivity contribution in [2.75, 3.05) is 24.7 Å². The molecule has 0 amide bonds. The van der Waals surface area contributed by atoms with Gasteiger partial charge in [0.1, 0.15) is 0 Å². The number of hydrogen-bond acceptors (Lipinski definition) is 6. The van der Waals surface area contributed by atoms with Gasteiger partial charge in [-0.05, 0) is 51.6 Å². The van der Waals surface area contributed by atoms with Crippen molar-refractivity contribution >= 4 is 23.2 Å². The molecule has 1 unspecified atom stereocenters. The topological polar surface area (TPSA) is 61.8 Å². The summed E-state index contributed by atoms with van der Waals surface area (Å²) in [6.45, 7) is 8.58. The lowest BCUT2D eigenvalue weighted by Crippen LogP contribution is -2.47. The number of aryl methyl sites for hydroxylation is 1. The molecule has 138 valence electrons. The van der Waals surface area contributed by atoms with E-state index in [1.54, 1.807) is 4.90 Å². The van der Waals surface area contributed by atoms with Crippen molar-refractivity contribution in [2.45, 2.75) is 46.1 Å². The fraction of sp³-hybridized carbons (Fsp3) is 0.526. The van der Waals surface area contributed by atoms with Crippen molar-refractivity contribution in [3.8, 4) is 0 Å². The van der Waals surface area contributed by atoms with Crippen molar-refractivity contribution in [1.29, 1.82) is 0 Å². The van der Waals surface area contributed by atoms with Crippen molar-refractivity contribution in [1.82, 2.24) is 4.90 Å². The van der Waals surface area contributed by atoms with Gasteiger partial charge in [-0.2, -0.15) is 0 Å². The van der Waals surface area contributed by atoms with Crippen LogP contribution < -0.4 is 5.32 Å². The second kappa shape index (κ2) is 8.36. The van der Waals surface area contributed by atoms with E-state index in [0.717, 1.165) is 16.3 Å². The number of benzene rings is 1. The fourth-order valence-electron chi connectivity index (χ4n) is 2.65. The zero-order valence-corrected chi connectivity index (χ0v) is 16.4. The number of rotatable bonds is 5. The third kappa shape index (κ3) is 5.85. The maximum atomic E-state index is 12.4. The average molecular weight is 365 g/mol. The molecule has 0 bridgehead atoms. The van der Waals surface area contributed by atoms with E-state index in [-0.39, 0.29) is 5.78 Å². The fourth-order valence-corrected chi connectivity index (χ4v) is 3.29. The maximum Gasteiger partial charge on any atom is 0.216 e. The molecule has 25 heavy (non-hydrogen) atoms. The van der Waals surface area contributed by atoms with Gasteiger partial charge in [0.25, 0.3) is 0 Å². The lowest BCUT2D eigenvalue weighted by molar-refractivity contribution is -0.238. The number of nitrogens with zero attached hydrogens (tertiary/aromatic N) is 1. The zero-order chi connectivity index (χ0) is 18.6. The van der Waals surface area contributed by atoms with Gasteiger partial charge in [-0.3, -0.25) is 9.69 Å². The van der Waals surface area contributed by atoms with Crippen molar-refractivity contribution in [3.63, 3.8) is 0 Å². The number of aliphatic hydroxyl groups is 1. The summed E-state index contributed by atoms with van der Waals surface area (Å²) < 4.78 is 5.63. The van der Waals surface area contributed by atoms with Crippen LogP contribution in [0.15, 0.2) is 34.9 Å². The number of thioether (sulfide) groups is 1. The molecular formula is C19H28N2O3S. The Morgan fingerprint density at radius 2 is 2.12 bits per heavy atom. The first-order chi connectivity index (χ1) is 11.7. The van der Waals surface area contributed by atoms with Crippen LogP contribution >= 0.6 is 11.8 Å². The Hall–Kier alpha value is -1.34. The molecule has 1 fully saturated rings. The molecule has 1 aromatic carbocycles. The van der Waals surface area contributed by atoms with Gasteiger partial charge in [-0.1, -0.05) is 12.1 Å². The van der Waals surface area contributed by atoms with Gasteiger partial charge in [0, 0.05) is 30.8 Å². The average Bonchev–Trinajstić information content (AvgIpc) is 2.51. The van der Waals surface area contributed by atoms with Gasteiger partial charge in [0.15, 0.2) is 5.78 Å². The summed E-state index contributed by atoms with van der Waals surface area (Å²) in [5.41, 5.74) is 2.35. The zero-order valence-electron chi connectivity index (χ0n) is 15.6. The molecular weight excluding hydrogens is 336 g/mol. The standard InChI is InChI=1S/C19H28N2O3S/c1-13-7-6-8-14(11-13)20-17(25-5)15-12-21(10-9-16(15)22)18(23)24-19(2,3)4/h6-8,11,18,20,23H,9-10,12H2,1-5H3/b17-15-. The largest absolute Gasteiger partial charge is 0.356 e. The smallest absolute Gasteiger partial charge is 0.216 e. The molecule has 5 nitrogen and oxygen atoms in total. The monoisotopic (exact) mass is 364 g/mol. The highest BCUT2D eigenvalue weighted by molar-refractivity contribution is 8.02. The number of carbonyl (C=O) groups excluding carboxylic acids is 1. The van der Waals surface area contributed by atoms with Gasteiger partial charge in [0.2, 0.25) is 6.41 Å². The van der Waals surface area contributed by atoms with Crippen LogP contribution in [0.2, 0.25) is 0 Å². The van der Waals surface area contributed by atoms with E-state index >= 15 is 0 Å². The van der Waals surface area contributed by atoms with Gasteiger partial charge in [-0.25, -0.2) is 0 Å². The SMILES string of the molecule is CS/C(Nc1cccc(C)c1)=C1/CN(C(O)OC(C)(C)C)CCC1=O. The molecule has 0 saturated carbocycles. The molecule has 0 radical (unpaired) electrons. The number of anilines is 1. The summed E-state index contributed by atoms with van der Waals surface area (Å²) >= 11 is 1.51. The first-order valence-corrected chi connectivity index (χ1v) is 9.66. The number of Topliss-reactive ketones (excluding diaryl/α,β-unsaturated/α-hetero) is 1. The highest BCUT2D eigenvalue weighted by atomic mass is 32.2. The van der Waals surface area contributed by atoms with Crippen LogP contribution in [0.3, 0.4) is 0 Å². The van der Waals surface area contributed by atoms with Crippen molar-refractivity contribution < 1.29 is 14.6 Å². The number of ether oxygens (including phenoxy) is 1. The second-order valence-electron chi connectivity index (χ2n) is 7.21. The molecule has 1 aliphatic heterocycles. The van der Waals surface area contributed by atoms with Crippen LogP contribution in [0.4, 0.5) is 5.69 Å². The normalized spacial score (nSPS) is 19.7. The lowest BCUT2D eigenvalue weighted by atomic mass is 10.0. The number of carbonyl (C=O) groups is 1. The maximum absolute atomic E-state index is 12.4. The van der Waals surface area contributed by atoms with E-state index in [4.69, 9.17) is 4.74 Å². The van der Waals surface area contributed by atoms with Gasteiger partial charge in [0.05, 0.1) is 10.6 Å². The van der Waals surface area contributed by atoms with Crippen LogP contribution in [-0.4, -0.2) is 47.1 Å². The molecule has 2 rings (SSSR count). The number of ketones is 1. The van der Waals surface area contributed by atoms with Crippen molar-refractivity contribution in [2.24, 2.45) is 0 Å². The number of hydrogen-bond donors (Lipinski definition) is 2. The van der Waals surface area contributed by atoms with Crippen LogP contribution in [0.25, 0.3) is 0 Å². The molecule has 6 heteroatoms. The third-order valence-corrected chi connectivity index (χ3v) is 4.61. The van der Waals surface area contributed by atoms with Crippen LogP contribution in [0.5, 0.6) is 0 Å². The Kier molecular flexibility index (Phi) is 6.68. The van der Waals surface area contributed by atoms with Crippen molar-refractivity contribution in [3.05, 3.63) is 40.4 Å². The Morgan fingerprint density at radius 1 is 1.40 bits per heavy atom. The molecule has 1 atom stereocenters. The lowest BCUT2D eigenvalue weighted by Gasteiger charge is -2.35. The predicted molar refractivity (Wildman–Crippen MR) is 103 cm³/mol. The Labute approximate surface area is 154 Å². The van der Waals surface area contributed by atoms with Gasteiger partial charge < -0.3 is 15.2 Å². The summed E-state index contributed by atoms with van der Waals surface area (Å²) in [4.78, 5) is 14.2. The molecule has 0 spiro atoms. The number of aliphatic hydroxyl groups excluding tert-OH is 1. The number of nitrogens with one attached hydrogen (secondary N) is 1. The highest BCUT2D eigenvalue weighted by Gasteiger charge is 2.30. The molecule has 0 aliphatic carbocycles. The minimum atomic E-state index is -1.02. The molecule has 1 aliphatic rings. The van der Waals surface area contributed by atoms with E-state index in [2.05, 4.69) is 5.32 Å². The predicted octanol–water partition coefficient (Wildman–Crippen LogP) is 3.35. The van der Waals surface area contributed by atoms with Gasteiger partial charge >= 0.3 is 0 Å². The number of likely N-dealkylation sites (tertiary alicyclic amines) is 1. The summed E-state index contributed by atoms with van der Waals surface area (Å²) in [6.07, 6.45) is 1.30. The van der Waals surface area contributed by atoms with E-state index in [1.807, 2.05) is 58.2 Å². The number of piperidine rings is 1. The quantitative estimate of drug-likeness (QED) is 0.617. The minimum Gasteiger partial charge on any atom is -0.356 e. The second-order valence-corrected chi connectivity index (χ2v) is 8.02. The summed E-state index contributed by atoms with van der Waals surface area (Å²) in [5.74, 6) is 0.115. The minimum absolute atomic E-state index is 0.115. The van der Waals surface area contributed by atoms with E-state index in [9.17, 15) is 9.90 Å².